The Balaban J connectivity index is 1.19. The van der Waals surface area contributed by atoms with Gasteiger partial charge in [0.15, 0.2) is 11.5 Å². The summed E-state index contributed by atoms with van der Waals surface area (Å²) in [6.45, 7) is 2.83. The minimum atomic E-state index is -0.964. The molecule has 0 unspecified atom stereocenters. The smallest absolute Gasteiger partial charge is 0.317 e. The Hall–Kier alpha value is -7.17. The molecule has 8 rings (SSSR count). The van der Waals surface area contributed by atoms with Crippen LogP contribution in [0.5, 0.6) is 11.5 Å². The van der Waals surface area contributed by atoms with Crippen molar-refractivity contribution in [1.29, 1.82) is 0 Å². The Bertz CT molecular complexity index is 2510. The Morgan fingerprint density at radius 1 is 0.597 bits per heavy atom. The Morgan fingerprint density at radius 2 is 1.00 bits per heavy atom. The predicted molar refractivity (Wildman–Crippen MR) is 241 cm³/mol. The van der Waals surface area contributed by atoms with Crippen molar-refractivity contribution in [3.63, 3.8) is 0 Å². The van der Waals surface area contributed by atoms with Gasteiger partial charge in [0, 0.05) is 88.5 Å². The summed E-state index contributed by atoms with van der Waals surface area (Å²) in [7, 11) is 0. The van der Waals surface area contributed by atoms with Crippen LogP contribution < -0.4 is 9.78 Å². The van der Waals surface area contributed by atoms with Gasteiger partial charge in [-0.25, -0.2) is 0 Å². The molecule has 4 aromatic carbocycles. The maximum Gasteiger partial charge on any atom is 0.317 e. The summed E-state index contributed by atoms with van der Waals surface area (Å²) in [5.41, 5.74) is 2.54. The van der Waals surface area contributed by atoms with Gasteiger partial charge in [0.05, 0.1) is 57.1 Å². The van der Waals surface area contributed by atoms with E-state index in [1.807, 2.05) is 0 Å². The third kappa shape index (κ3) is 10.8. The van der Waals surface area contributed by atoms with Crippen LogP contribution in [0.2, 0.25) is 0 Å². The standard InChI is InChI=1S/C46H44N6O14S/c53-39(49-19-15-47(16-20-49)27-41(55)56)11-5-29-3-9-37(45(51(59)60)43(29)33-1-7-35-31(25-33)13-23-63-65-35)67-38-10-4-30(6-12-40(54)50-21-17-48(18-22-50)28-42(57)58)44(46(38)52(61)62)34-2-8-36-32(26-34)14-24-64-66-36/h1-12,25-26H,13-24,27-28H2,(H,55,56)(H,57,58). The molecule has 20 nitrogen and oxygen atoms in total. The molecule has 2 fully saturated rings. The highest BCUT2D eigenvalue weighted by atomic mass is 32.2. The van der Waals surface area contributed by atoms with Gasteiger partial charge in [0.1, 0.15) is 0 Å². The summed E-state index contributed by atoms with van der Waals surface area (Å²) < 4.78 is 0. The zero-order valence-corrected chi connectivity index (χ0v) is 36.7. The number of carbonyl (C=O) groups excluding carboxylic acids is 2. The van der Waals surface area contributed by atoms with Crippen molar-refractivity contribution < 1.29 is 58.8 Å². The van der Waals surface area contributed by atoms with Gasteiger partial charge in [-0.3, -0.25) is 49.2 Å². The fourth-order valence-electron chi connectivity index (χ4n) is 8.41. The second-order valence-corrected chi connectivity index (χ2v) is 17.1. The zero-order chi connectivity index (χ0) is 47.2. The second kappa shape index (κ2) is 20.6. The van der Waals surface area contributed by atoms with Gasteiger partial charge in [0.25, 0.3) is 11.4 Å². The summed E-state index contributed by atoms with van der Waals surface area (Å²) >= 11 is 0.829. The van der Waals surface area contributed by atoms with Crippen molar-refractivity contribution in [2.75, 3.05) is 78.7 Å². The average Bonchev–Trinajstić information content (AvgIpc) is 3.32. The first-order valence-corrected chi connectivity index (χ1v) is 22.1. The van der Waals surface area contributed by atoms with Crippen LogP contribution in [-0.2, 0) is 41.8 Å². The summed E-state index contributed by atoms with van der Waals surface area (Å²) in [4.78, 5) is 103. The number of aliphatic carboxylic acids is 2. The number of nitrogens with zero attached hydrogens (tertiary/aromatic N) is 6. The van der Waals surface area contributed by atoms with Crippen LogP contribution in [0.15, 0.2) is 82.6 Å². The van der Waals surface area contributed by atoms with Crippen molar-refractivity contribution in [2.24, 2.45) is 0 Å². The van der Waals surface area contributed by atoms with E-state index >= 15 is 0 Å². The number of fused-ring (bicyclic) bond motifs is 2. The van der Waals surface area contributed by atoms with Gasteiger partial charge in [-0.05, 0) is 70.8 Å². The molecule has 4 aromatic rings. The van der Waals surface area contributed by atoms with Crippen LogP contribution in [0.3, 0.4) is 0 Å². The van der Waals surface area contributed by atoms with E-state index in [4.69, 9.17) is 19.6 Å². The molecule has 2 amide bonds. The molecule has 4 heterocycles. The largest absolute Gasteiger partial charge is 0.480 e. The number of nitro benzene ring substituents is 2. The zero-order valence-electron chi connectivity index (χ0n) is 35.9. The van der Waals surface area contributed by atoms with Crippen LogP contribution in [0.1, 0.15) is 22.3 Å². The number of hydrogen-bond acceptors (Lipinski definition) is 15. The van der Waals surface area contributed by atoms with Crippen LogP contribution >= 0.6 is 11.8 Å². The van der Waals surface area contributed by atoms with Crippen LogP contribution in [-0.4, -0.2) is 142 Å². The lowest BCUT2D eigenvalue weighted by Crippen LogP contribution is -2.49. The van der Waals surface area contributed by atoms with Crippen molar-refractivity contribution in [2.45, 2.75) is 22.6 Å². The number of benzene rings is 4. The van der Waals surface area contributed by atoms with E-state index in [1.54, 1.807) is 68.1 Å². The van der Waals surface area contributed by atoms with Gasteiger partial charge in [-0.2, -0.15) is 9.78 Å². The molecule has 67 heavy (non-hydrogen) atoms. The van der Waals surface area contributed by atoms with Gasteiger partial charge < -0.3 is 29.8 Å². The minimum absolute atomic E-state index is 0.0703. The Kier molecular flexibility index (Phi) is 14.2. The molecule has 0 bridgehead atoms. The van der Waals surface area contributed by atoms with E-state index in [9.17, 15) is 49.6 Å². The summed E-state index contributed by atoms with van der Waals surface area (Å²) in [6.07, 6.45) is 6.53. The Morgan fingerprint density at radius 3 is 1.37 bits per heavy atom. The van der Waals surface area contributed by atoms with Crippen LogP contribution in [0.4, 0.5) is 11.4 Å². The number of carboxylic acid groups (broad SMARTS) is 2. The van der Waals surface area contributed by atoms with Crippen molar-refractivity contribution >= 4 is 59.0 Å². The lowest BCUT2D eigenvalue weighted by molar-refractivity contribution is -0.387. The number of hydrogen-bond donors (Lipinski definition) is 2. The molecule has 0 atom stereocenters. The van der Waals surface area contributed by atoms with Gasteiger partial charge >= 0.3 is 11.9 Å². The van der Waals surface area contributed by atoms with Crippen LogP contribution in [0.25, 0.3) is 34.4 Å². The van der Waals surface area contributed by atoms with Crippen LogP contribution in [0, 0.1) is 20.2 Å². The first kappa shape index (κ1) is 46.4. The number of amides is 2. The second-order valence-electron chi connectivity index (χ2n) is 16.0. The van der Waals surface area contributed by atoms with E-state index in [2.05, 4.69) is 0 Å². The van der Waals surface area contributed by atoms with Crippen molar-refractivity contribution in [3.8, 4) is 33.8 Å². The minimum Gasteiger partial charge on any atom is -0.480 e. The molecule has 21 heteroatoms. The molecular weight excluding hydrogens is 893 g/mol. The molecule has 0 radical (unpaired) electrons. The molecule has 2 N–H and O–H groups in total. The maximum absolute atomic E-state index is 13.4. The predicted octanol–water partition coefficient (Wildman–Crippen LogP) is 5.21. The quantitative estimate of drug-likeness (QED) is 0.0714. The van der Waals surface area contributed by atoms with E-state index in [0.29, 0.717) is 99.0 Å². The third-order valence-corrected chi connectivity index (χ3v) is 12.8. The normalized spacial score (nSPS) is 16.5. The monoisotopic (exact) mass is 936 g/mol. The molecule has 0 aliphatic carbocycles. The van der Waals surface area contributed by atoms with E-state index < -0.39 is 21.8 Å². The number of nitro groups is 2. The molecule has 0 aromatic heterocycles. The topological polar surface area (TPSA) is 245 Å². The molecule has 4 aliphatic rings. The van der Waals surface area contributed by atoms with E-state index in [-0.39, 0.29) is 70.4 Å². The molecule has 348 valence electrons. The molecule has 4 aliphatic heterocycles. The Labute approximate surface area is 386 Å². The van der Waals surface area contributed by atoms with Gasteiger partial charge in [-0.1, -0.05) is 36.0 Å². The maximum atomic E-state index is 13.4. The van der Waals surface area contributed by atoms with Gasteiger partial charge in [0.2, 0.25) is 11.8 Å². The van der Waals surface area contributed by atoms with Crippen molar-refractivity contribution in [3.05, 3.63) is 115 Å². The summed E-state index contributed by atoms with van der Waals surface area (Å²) in [5.74, 6) is -1.77. The number of rotatable bonds is 14. The number of carboxylic acids is 2. The lowest BCUT2D eigenvalue weighted by atomic mass is 9.94. The highest BCUT2D eigenvalue weighted by Crippen LogP contribution is 2.49. The molecular formula is C46H44N6O14S. The lowest BCUT2D eigenvalue weighted by Gasteiger charge is -2.33. The molecule has 0 spiro atoms. The van der Waals surface area contributed by atoms with E-state index in [0.717, 1.165) is 22.9 Å². The first-order chi connectivity index (χ1) is 32.3. The molecule has 2 saturated heterocycles. The summed E-state index contributed by atoms with van der Waals surface area (Å²) in [5, 5.41) is 45.1. The SMILES string of the molecule is O=C(O)CN1CCN(C(=O)C=Cc2ccc(Sc3ccc(C=CC(=O)N4CCN(CC(=O)O)CC4)c(-c4ccc5c(c4)CCOO5)c3[N+](=O)[O-])c([N+](=O)[O-])c2-c2ccc3c(c2)CCOO3)CC1. The number of carbonyl (C=O) groups is 4. The average molecular weight is 937 g/mol. The van der Waals surface area contributed by atoms with Crippen molar-refractivity contribution in [1.82, 2.24) is 19.6 Å². The van der Waals surface area contributed by atoms with E-state index in [1.165, 1.54) is 36.4 Å². The van der Waals surface area contributed by atoms with Gasteiger partial charge in [-0.15, -0.1) is 0 Å². The fourth-order valence-corrected chi connectivity index (χ4v) is 9.47. The fraction of sp³-hybridized carbons (Fsp3) is 0.304. The molecule has 0 saturated carbocycles. The highest BCUT2D eigenvalue weighted by molar-refractivity contribution is 7.99. The third-order valence-electron chi connectivity index (χ3n) is 11.7. The summed E-state index contributed by atoms with van der Waals surface area (Å²) in [6, 6.07) is 16.2. The highest BCUT2D eigenvalue weighted by Gasteiger charge is 2.32. The number of piperazine rings is 2. The first-order valence-electron chi connectivity index (χ1n) is 21.3.